The third kappa shape index (κ3) is 3.63. The molecule has 0 spiro atoms. The summed E-state index contributed by atoms with van der Waals surface area (Å²) in [5, 5.41) is 0. The standard InChI is InChI=1S/C22H21BrF2N2O3/c1-22(2)10-30-19(8-13-6-16(25)14(23)9-15(13)24)20(22)27-11-26-17-5-4-12(7-18(17)27)21(28)29-3/h4-7,9,11,19-20H,8,10H2,1-3H3. The van der Waals surface area contributed by atoms with E-state index in [1.807, 2.05) is 4.57 Å². The van der Waals surface area contributed by atoms with Crippen LogP contribution in [0.1, 0.15) is 35.8 Å². The van der Waals surface area contributed by atoms with Crippen LogP contribution in [0.25, 0.3) is 11.0 Å². The second-order valence-electron chi connectivity index (χ2n) is 8.19. The largest absolute Gasteiger partial charge is 0.465 e. The molecule has 1 fully saturated rings. The number of benzene rings is 2. The molecular formula is C22H21BrF2N2O3. The Balaban J connectivity index is 1.75. The monoisotopic (exact) mass is 478 g/mol. The average Bonchev–Trinajstić information content (AvgIpc) is 3.24. The maximum atomic E-state index is 14.5. The fourth-order valence-corrected chi connectivity index (χ4v) is 4.47. The number of rotatable bonds is 4. The first-order valence-electron chi connectivity index (χ1n) is 9.51. The van der Waals surface area contributed by atoms with E-state index in [2.05, 4.69) is 34.8 Å². The SMILES string of the molecule is COC(=O)c1ccc2ncn(C3C(Cc4cc(F)c(Br)cc4F)OCC3(C)C)c2c1. The second kappa shape index (κ2) is 7.74. The lowest BCUT2D eigenvalue weighted by atomic mass is 9.83. The minimum atomic E-state index is -0.518. The summed E-state index contributed by atoms with van der Waals surface area (Å²) in [6.45, 7) is 4.58. The van der Waals surface area contributed by atoms with Gasteiger partial charge in [0.15, 0.2) is 0 Å². The molecule has 1 aliphatic heterocycles. The van der Waals surface area contributed by atoms with Crippen LogP contribution >= 0.6 is 15.9 Å². The Morgan fingerprint density at radius 3 is 2.80 bits per heavy atom. The number of imidazole rings is 1. The smallest absolute Gasteiger partial charge is 0.337 e. The van der Waals surface area contributed by atoms with Gasteiger partial charge in [0.05, 0.1) is 53.3 Å². The van der Waals surface area contributed by atoms with Gasteiger partial charge in [-0.25, -0.2) is 18.6 Å². The number of hydrogen-bond acceptors (Lipinski definition) is 4. The molecule has 3 aromatic rings. The Kier molecular flexibility index (Phi) is 5.40. The topological polar surface area (TPSA) is 53.3 Å². The Labute approximate surface area is 181 Å². The Bertz CT molecular complexity index is 1130. The van der Waals surface area contributed by atoms with Gasteiger partial charge in [0.1, 0.15) is 11.6 Å². The van der Waals surface area contributed by atoms with Crippen LogP contribution in [0.2, 0.25) is 0 Å². The highest BCUT2D eigenvalue weighted by Crippen LogP contribution is 2.44. The lowest BCUT2D eigenvalue weighted by Crippen LogP contribution is -2.31. The minimum Gasteiger partial charge on any atom is -0.465 e. The molecular weight excluding hydrogens is 458 g/mol. The van der Waals surface area contributed by atoms with Gasteiger partial charge in [-0.2, -0.15) is 0 Å². The van der Waals surface area contributed by atoms with Crippen LogP contribution in [0.3, 0.4) is 0 Å². The molecule has 0 N–H and O–H groups in total. The zero-order valence-electron chi connectivity index (χ0n) is 16.8. The fourth-order valence-electron chi connectivity index (χ4n) is 4.16. The number of halogens is 3. The summed E-state index contributed by atoms with van der Waals surface area (Å²) in [5.41, 5.74) is 1.87. The summed E-state index contributed by atoms with van der Waals surface area (Å²) in [5.74, 6) is -1.44. The number of nitrogens with zero attached hydrogens (tertiary/aromatic N) is 2. The lowest BCUT2D eigenvalue weighted by Gasteiger charge is -2.30. The maximum absolute atomic E-state index is 14.5. The van der Waals surface area contributed by atoms with Gasteiger partial charge in [-0.05, 0) is 51.8 Å². The molecule has 2 aromatic carbocycles. The zero-order chi connectivity index (χ0) is 21.6. The molecule has 0 saturated carbocycles. The first-order chi connectivity index (χ1) is 14.2. The van der Waals surface area contributed by atoms with E-state index in [0.29, 0.717) is 12.2 Å². The first kappa shape index (κ1) is 20.9. The molecule has 158 valence electrons. The van der Waals surface area contributed by atoms with E-state index < -0.39 is 23.7 Å². The van der Waals surface area contributed by atoms with Crippen LogP contribution in [-0.4, -0.2) is 35.3 Å². The van der Waals surface area contributed by atoms with Crippen molar-refractivity contribution in [1.82, 2.24) is 9.55 Å². The van der Waals surface area contributed by atoms with E-state index in [1.54, 1.807) is 24.5 Å². The van der Waals surface area contributed by atoms with Crippen LogP contribution in [0.5, 0.6) is 0 Å². The number of fused-ring (bicyclic) bond motifs is 1. The zero-order valence-corrected chi connectivity index (χ0v) is 18.4. The van der Waals surface area contributed by atoms with Gasteiger partial charge >= 0.3 is 5.97 Å². The third-order valence-corrected chi connectivity index (χ3v) is 6.24. The summed E-state index contributed by atoms with van der Waals surface area (Å²) < 4.78 is 41.4. The fraction of sp³-hybridized carbons (Fsp3) is 0.364. The van der Waals surface area contributed by atoms with E-state index in [-0.39, 0.29) is 27.9 Å². The van der Waals surface area contributed by atoms with E-state index in [0.717, 1.165) is 17.1 Å². The van der Waals surface area contributed by atoms with E-state index >= 15 is 0 Å². The molecule has 4 rings (SSSR count). The quantitative estimate of drug-likeness (QED) is 0.387. The van der Waals surface area contributed by atoms with E-state index in [4.69, 9.17) is 9.47 Å². The predicted octanol–water partition coefficient (Wildman–Crippen LogP) is 5.07. The van der Waals surface area contributed by atoms with Crippen molar-refractivity contribution in [2.24, 2.45) is 5.41 Å². The molecule has 8 heteroatoms. The first-order valence-corrected chi connectivity index (χ1v) is 10.3. The van der Waals surface area contributed by atoms with Crippen LogP contribution < -0.4 is 0 Å². The van der Waals surface area contributed by atoms with Crippen LogP contribution in [0.15, 0.2) is 41.1 Å². The van der Waals surface area contributed by atoms with Gasteiger partial charge in [-0.3, -0.25) is 0 Å². The number of methoxy groups -OCH3 is 1. The van der Waals surface area contributed by atoms with Crippen LogP contribution in [0.4, 0.5) is 8.78 Å². The molecule has 1 aliphatic rings. The molecule has 5 nitrogen and oxygen atoms in total. The molecule has 2 unspecified atom stereocenters. The third-order valence-electron chi connectivity index (χ3n) is 5.63. The van der Waals surface area contributed by atoms with Crippen LogP contribution in [0, 0.1) is 17.0 Å². The summed E-state index contributed by atoms with van der Waals surface area (Å²) in [6.07, 6.45) is 1.52. The van der Waals surface area contributed by atoms with Crippen molar-refractivity contribution < 1.29 is 23.0 Å². The van der Waals surface area contributed by atoms with Gasteiger partial charge in [0.2, 0.25) is 0 Å². The Hall–Kier alpha value is -2.32. The predicted molar refractivity (Wildman–Crippen MR) is 111 cm³/mol. The van der Waals surface area contributed by atoms with Gasteiger partial charge < -0.3 is 14.0 Å². The highest BCUT2D eigenvalue weighted by atomic mass is 79.9. The van der Waals surface area contributed by atoms with Gasteiger partial charge in [-0.15, -0.1) is 0 Å². The summed E-state index contributed by atoms with van der Waals surface area (Å²) >= 11 is 3.01. The van der Waals surface area contributed by atoms with Crippen molar-refractivity contribution in [1.29, 1.82) is 0 Å². The molecule has 0 aliphatic carbocycles. The van der Waals surface area contributed by atoms with Gasteiger partial charge in [-0.1, -0.05) is 13.8 Å². The van der Waals surface area contributed by atoms with E-state index in [9.17, 15) is 13.6 Å². The summed E-state index contributed by atoms with van der Waals surface area (Å²) in [4.78, 5) is 16.4. The molecule has 2 atom stereocenters. The average molecular weight is 479 g/mol. The normalized spacial score (nSPS) is 20.6. The molecule has 0 radical (unpaired) electrons. The van der Waals surface area contributed by atoms with Crippen molar-refractivity contribution in [3.05, 3.63) is 63.9 Å². The van der Waals surface area contributed by atoms with Gasteiger partial charge in [0, 0.05) is 11.8 Å². The molecule has 30 heavy (non-hydrogen) atoms. The molecule has 0 amide bonds. The number of carbonyl (C=O) groups excluding carboxylic acids is 1. The maximum Gasteiger partial charge on any atom is 0.337 e. The molecule has 2 heterocycles. The Morgan fingerprint density at radius 2 is 2.07 bits per heavy atom. The van der Waals surface area contributed by atoms with Crippen molar-refractivity contribution in [3.63, 3.8) is 0 Å². The number of aromatic nitrogens is 2. The highest BCUT2D eigenvalue weighted by molar-refractivity contribution is 9.10. The van der Waals surface area contributed by atoms with Crippen LogP contribution in [-0.2, 0) is 15.9 Å². The molecule has 1 saturated heterocycles. The minimum absolute atomic E-state index is 0.0870. The molecule has 1 aromatic heterocycles. The number of esters is 1. The summed E-state index contributed by atoms with van der Waals surface area (Å²) in [7, 11) is 1.33. The van der Waals surface area contributed by atoms with Crippen molar-refractivity contribution in [3.8, 4) is 0 Å². The Morgan fingerprint density at radius 1 is 1.30 bits per heavy atom. The number of carbonyl (C=O) groups is 1. The highest BCUT2D eigenvalue weighted by Gasteiger charge is 2.45. The second-order valence-corrected chi connectivity index (χ2v) is 9.05. The summed E-state index contributed by atoms with van der Waals surface area (Å²) in [6, 6.07) is 7.31. The van der Waals surface area contributed by atoms with E-state index in [1.165, 1.54) is 13.2 Å². The number of ether oxygens (including phenoxy) is 2. The van der Waals surface area contributed by atoms with Gasteiger partial charge in [0.25, 0.3) is 0 Å². The van der Waals surface area contributed by atoms with Crippen molar-refractivity contribution >= 4 is 32.9 Å². The lowest BCUT2D eigenvalue weighted by molar-refractivity contribution is 0.0601. The van der Waals surface area contributed by atoms with Crippen molar-refractivity contribution in [2.45, 2.75) is 32.4 Å². The molecule has 0 bridgehead atoms. The van der Waals surface area contributed by atoms with Crippen molar-refractivity contribution in [2.75, 3.05) is 13.7 Å². The number of hydrogen-bond donors (Lipinski definition) is 0.